The van der Waals surface area contributed by atoms with Gasteiger partial charge in [0.15, 0.2) is 0 Å². The number of halogens is 1. The van der Waals surface area contributed by atoms with Gasteiger partial charge in [-0.05, 0) is 44.1 Å². The Morgan fingerprint density at radius 3 is 2.77 bits per heavy atom. The fraction of sp³-hybridized carbons (Fsp3) is 0.550. The van der Waals surface area contributed by atoms with Crippen LogP contribution < -0.4 is 9.80 Å². The Labute approximate surface area is 154 Å². The first kappa shape index (κ1) is 17.6. The van der Waals surface area contributed by atoms with Crippen molar-refractivity contribution in [2.45, 2.75) is 18.3 Å². The summed E-state index contributed by atoms with van der Waals surface area (Å²) in [7, 11) is 0. The van der Waals surface area contributed by atoms with Crippen molar-refractivity contribution in [3.8, 4) is 0 Å². The molecule has 1 unspecified atom stereocenters. The van der Waals surface area contributed by atoms with Crippen molar-refractivity contribution < 1.29 is 13.9 Å². The van der Waals surface area contributed by atoms with Crippen molar-refractivity contribution >= 4 is 11.7 Å². The maximum atomic E-state index is 14.1. The summed E-state index contributed by atoms with van der Waals surface area (Å²) in [6.07, 6.45) is 3.68. The molecule has 1 N–H and O–H groups in total. The number of carbonyl (C=O) groups excluding carboxylic acids is 1. The lowest BCUT2D eigenvalue weighted by Crippen LogP contribution is -2.63. The van der Waals surface area contributed by atoms with Crippen LogP contribution in [0.4, 0.5) is 14.9 Å². The third-order valence-electron chi connectivity index (χ3n) is 6.21. The van der Waals surface area contributed by atoms with E-state index in [0.717, 1.165) is 37.2 Å². The molecule has 0 bridgehead atoms. The molecule has 0 aromatic heterocycles. The molecular weight excluding hydrogens is 333 g/mol. The molecule has 2 saturated heterocycles. The highest BCUT2D eigenvalue weighted by Gasteiger charge is 2.58. The lowest BCUT2D eigenvalue weighted by atomic mass is 9.75. The van der Waals surface area contributed by atoms with Gasteiger partial charge in [-0.2, -0.15) is 0 Å². The lowest BCUT2D eigenvalue weighted by molar-refractivity contribution is 0.0438. The van der Waals surface area contributed by atoms with Gasteiger partial charge in [0.25, 0.3) is 0 Å². The van der Waals surface area contributed by atoms with E-state index in [1.54, 1.807) is 6.07 Å². The Hall–Kier alpha value is -1.76. The average Bonchev–Trinajstić information content (AvgIpc) is 2.92. The van der Waals surface area contributed by atoms with Crippen LogP contribution in [0.5, 0.6) is 0 Å². The number of morpholine rings is 1. The normalized spacial score (nSPS) is 27.3. The molecule has 5 nitrogen and oxygen atoms in total. The van der Waals surface area contributed by atoms with Crippen molar-refractivity contribution in [2.24, 2.45) is 0 Å². The molecule has 1 aromatic rings. The topological polar surface area (TPSA) is 41.6 Å². The first-order valence-corrected chi connectivity index (χ1v) is 9.48. The van der Waals surface area contributed by atoms with Crippen molar-refractivity contribution in [1.29, 1.82) is 0 Å². The van der Waals surface area contributed by atoms with Crippen LogP contribution in [0.1, 0.15) is 18.4 Å². The Morgan fingerprint density at radius 2 is 2.08 bits per heavy atom. The molecule has 0 radical (unpaired) electrons. The minimum atomic E-state index is -0.223. The van der Waals surface area contributed by atoms with Gasteiger partial charge in [0.2, 0.25) is 0 Å². The van der Waals surface area contributed by atoms with Gasteiger partial charge in [-0.15, -0.1) is 0 Å². The Morgan fingerprint density at radius 1 is 1.35 bits per heavy atom. The smallest absolute Gasteiger partial charge is 0.378 e. The summed E-state index contributed by atoms with van der Waals surface area (Å²) in [4.78, 5) is 15.6. The second-order valence-electron chi connectivity index (χ2n) is 7.67. The van der Waals surface area contributed by atoms with Crippen LogP contribution in [0.25, 0.3) is 0 Å². The molecule has 2 fully saturated rings. The Bertz CT molecular complexity index is 711. The minimum Gasteiger partial charge on any atom is -0.378 e. The zero-order chi connectivity index (χ0) is 18.2. The number of quaternary nitrogens is 1. The molecule has 0 saturated carbocycles. The molecule has 140 valence electrons. The minimum absolute atomic E-state index is 0.0939. The standard InChI is InChI=1S/C20H27FN3O2/c1-2-11-24(19(25)23-9-12-26-13-10-23)15-20(5-7-22-8-6-20)17-14-16(21)3-4-18(17)24/h2-4,14,22H,1,5-13,15H2/q+1. The zero-order valence-electron chi connectivity index (χ0n) is 15.2. The quantitative estimate of drug-likeness (QED) is 0.651. The highest BCUT2D eigenvalue weighted by Crippen LogP contribution is 2.50. The van der Waals surface area contributed by atoms with E-state index >= 15 is 0 Å². The molecule has 3 heterocycles. The predicted molar refractivity (Wildman–Crippen MR) is 99.7 cm³/mol. The van der Waals surface area contributed by atoms with Crippen molar-refractivity contribution in [2.75, 3.05) is 52.5 Å². The van der Waals surface area contributed by atoms with Gasteiger partial charge in [0.1, 0.15) is 24.6 Å². The summed E-state index contributed by atoms with van der Waals surface area (Å²) in [6, 6.07) is 5.07. The highest BCUT2D eigenvalue weighted by atomic mass is 19.1. The third kappa shape index (κ3) is 2.68. The fourth-order valence-electron chi connectivity index (χ4n) is 4.98. The molecule has 26 heavy (non-hydrogen) atoms. The summed E-state index contributed by atoms with van der Waals surface area (Å²) >= 11 is 0. The maximum Gasteiger partial charge on any atom is 0.424 e. The van der Waals surface area contributed by atoms with Crippen LogP contribution in [0.3, 0.4) is 0 Å². The van der Waals surface area contributed by atoms with Gasteiger partial charge < -0.3 is 10.1 Å². The number of benzene rings is 1. The highest BCUT2D eigenvalue weighted by molar-refractivity contribution is 5.90. The zero-order valence-corrected chi connectivity index (χ0v) is 15.2. The van der Waals surface area contributed by atoms with Crippen molar-refractivity contribution in [3.63, 3.8) is 0 Å². The van der Waals surface area contributed by atoms with Gasteiger partial charge in [-0.1, -0.05) is 6.58 Å². The average molecular weight is 360 g/mol. The number of ether oxygens (including phenoxy) is 1. The number of hydrogen-bond donors (Lipinski definition) is 1. The number of urea groups is 1. The van der Waals surface area contributed by atoms with E-state index in [9.17, 15) is 9.18 Å². The van der Waals surface area contributed by atoms with E-state index in [1.165, 1.54) is 6.07 Å². The van der Waals surface area contributed by atoms with Crippen LogP contribution in [-0.2, 0) is 10.2 Å². The van der Waals surface area contributed by atoms with Crippen molar-refractivity contribution in [1.82, 2.24) is 14.7 Å². The number of nitrogens with zero attached hydrogens (tertiary/aromatic N) is 2. The molecular formula is C20H27FN3O2+. The van der Waals surface area contributed by atoms with E-state index in [0.29, 0.717) is 39.4 Å². The van der Waals surface area contributed by atoms with Crippen LogP contribution in [0, 0.1) is 5.82 Å². The van der Waals surface area contributed by atoms with Crippen molar-refractivity contribution in [3.05, 3.63) is 42.2 Å². The molecule has 0 aliphatic carbocycles. The number of rotatable bonds is 2. The first-order chi connectivity index (χ1) is 12.6. The molecule has 1 atom stereocenters. The van der Waals surface area contributed by atoms with E-state index in [2.05, 4.69) is 11.9 Å². The summed E-state index contributed by atoms with van der Waals surface area (Å²) in [5, 5.41) is 3.40. The number of fused-ring (bicyclic) bond motifs is 2. The van der Waals surface area contributed by atoms with Crippen LogP contribution in [0.2, 0.25) is 0 Å². The Kier molecular flexibility index (Phi) is 4.59. The lowest BCUT2D eigenvalue weighted by Gasteiger charge is -2.39. The van der Waals surface area contributed by atoms with E-state index in [4.69, 9.17) is 4.74 Å². The molecule has 3 aliphatic heterocycles. The van der Waals surface area contributed by atoms with Gasteiger partial charge in [0, 0.05) is 24.7 Å². The largest absolute Gasteiger partial charge is 0.424 e. The molecule has 1 aromatic carbocycles. The van der Waals surface area contributed by atoms with E-state index in [-0.39, 0.29) is 21.7 Å². The monoisotopic (exact) mass is 360 g/mol. The van der Waals surface area contributed by atoms with E-state index < -0.39 is 0 Å². The number of piperidine rings is 1. The van der Waals surface area contributed by atoms with Crippen LogP contribution >= 0.6 is 0 Å². The number of nitrogens with one attached hydrogen (secondary N) is 1. The summed E-state index contributed by atoms with van der Waals surface area (Å²) < 4.78 is 19.8. The van der Waals surface area contributed by atoms with E-state index in [1.807, 2.05) is 17.0 Å². The molecule has 2 amide bonds. The summed E-state index contributed by atoms with van der Waals surface area (Å²) in [6.45, 7) is 9.32. The summed E-state index contributed by atoms with van der Waals surface area (Å²) in [5.74, 6) is -0.223. The second-order valence-corrected chi connectivity index (χ2v) is 7.67. The van der Waals surface area contributed by atoms with Gasteiger partial charge in [0.05, 0.1) is 18.6 Å². The van der Waals surface area contributed by atoms with Crippen LogP contribution in [-0.4, -0.2) is 63.4 Å². The fourth-order valence-corrected chi connectivity index (χ4v) is 4.98. The third-order valence-corrected chi connectivity index (χ3v) is 6.21. The maximum absolute atomic E-state index is 14.1. The molecule has 1 spiro atoms. The second kappa shape index (κ2) is 6.76. The Balaban J connectivity index is 1.82. The number of carbonyl (C=O) groups is 1. The number of hydrogen-bond acceptors (Lipinski definition) is 3. The first-order valence-electron chi connectivity index (χ1n) is 9.48. The molecule has 6 heteroatoms. The predicted octanol–water partition coefficient (Wildman–Crippen LogP) is 2.41. The van der Waals surface area contributed by atoms with Gasteiger partial charge in [-0.25, -0.2) is 13.7 Å². The van der Waals surface area contributed by atoms with Gasteiger partial charge in [-0.3, -0.25) is 4.90 Å². The SMILES string of the molecule is C=CC[N+]1(C(=O)N2CCOCC2)CC2(CCNCC2)c2cc(F)ccc21. The summed E-state index contributed by atoms with van der Waals surface area (Å²) in [5.41, 5.74) is 1.82. The molecule has 3 aliphatic rings. The number of amides is 2. The van der Waals surface area contributed by atoms with Crippen LogP contribution in [0.15, 0.2) is 30.9 Å². The van der Waals surface area contributed by atoms with Gasteiger partial charge >= 0.3 is 6.03 Å². The molecule has 4 rings (SSSR count).